The molecule has 0 saturated heterocycles. The van der Waals surface area contributed by atoms with Crippen LogP contribution in [0.2, 0.25) is 0 Å². The summed E-state index contributed by atoms with van der Waals surface area (Å²) >= 11 is 3.47. The fourth-order valence-electron chi connectivity index (χ4n) is 1.90. The summed E-state index contributed by atoms with van der Waals surface area (Å²) < 4.78 is 1.16. The molecule has 0 heterocycles. The molecule has 1 heteroatoms. The first-order valence-corrected chi connectivity index (χ1v) is 6.57. The van der Waals surface area contributed by atoms with E-state index in [1.165, 1.54) is 31.2 Å². The molecule has 84 valence electrons. The Morgan fingerprint density at radius 2 is 1.73 bits per heavy atom. The summed E-state index contributed by atoms with van der Waals surface area (Å²) in [5, 5.41) is 0. The second-order valence-electron chi connectivity index (χ2n) is 5.07. The van der Waals surface area contributed by atoms with Crippen LogP contribution in [0.15, 0.2) is 28.7 Å². The van der Waals surface area contributed by atoms with Gasteiger partial charge in [-0.15, -0.1) is 0 Å². The minimum Gasteiger partial charge on any atom is -0.0654 e. The van der Waals surface area contributed by atoms with E-state index in [1.54, 1.807) is 0 Å². The number of benzene rings is 1. The van der Waals surface area contributed by atoms with Crippen molar-refractivity contribution in [3.63, 3.8) is 0 Å². The third kappa shape index (κ3) is 4.83. The Morgan fingerprint density at radius 1 is 1.13 bits per heavy atom. The highest BCUT2D eigenvalue weighted by Gasteiger charge is 2.17. The molecule has 0 unspecified atom stereocenters. The number of rotatable bonds is 5. The predicted octanol–water partition coefficient (Wildman–Crippen LogP) is 5.21. The highest BCUT2D eigenvalue weighted by molar-refractivity contribution is 9.10. The molecule has 15 heavy (non-hydrogen) atoms. The lowest BCUT2D eigenvalue weighted by molar-refractivity contribution is 0.321. The molecule has 0 amide bonds. The van der Waals surface area contributed by atoms with Gasteiger partial charge in [-0.25, -0.2) is 0 Å². The molecule has 1 rings (SSSR count). The topological polar surface area (TPSA) is 0 Å². The lowest BCUT2D eigenvalue weighted by Gasteiger charge is -2.24. The van der Waals surface area contributed by atoms with Crippen molar-refractivity contribution < 1.29 is 0 Å². The molecule has 0 aliphatic heterocycles. The molecule has 0 atom stereocenters. The van der Waals surface area contributed by atoms with E-state index in [0.29, 0.717) is 5.41 Å². The maximum Gasteiger partial charge on any atom is 0.0175 e. The number of hydrogen-bond donors (Lipinski definition) is 0. The van der Waals surface area contributed by atoms with E-state index in [-0.39, 0.29) is 0 Å². The van der Waals surface area contributed by atoms with Crippen LogP contribution < -0.4 is 0 Å². The van der Waals surface area contributed by atoms with E-state index in [1.807, 2.05) is 0 Å². The van der Waals surface area contributed by atoms with Crippen LogP contribution in [-0.4, -0.2) is 0 Å². The van der Waals surface area contributed by atoms with E-state index in [0.717, 1.165) is 4.47 Å². The minimum absolute atomic E-state index is 0.434. The zero-order valence-electron chi connectivity index (χ0n) is 10.0. The fraction of sp³-hybridized carbons (Fsp3) is 0.571. The van der Waals surface area contributed by atoms with E-state index in [2.05, 4.69) is 61.0 Å². The van der Waals surface area contributed by atoms with Gasteiger partial charge in [0.25, 0.3) is 0 Å². The average Bonchev–Trinajstić information content (AvgIpc) is 2.18. The molecule has 0 N–H and O–H groups in total. The standard InChI is InChI=1S/C14H21Br/c1-4-5-10-14(2,3)11-12-6-8-13(15)9-7-12/h6-9H,4-5,10-11H2,1-3H3. The van der Waals surface area contributed by atoms with Crippen molar-refractivity contribution in [2.75, 3.05) is 0 Å². The number of halogens is 1. The molecular formula is C14H21Br. The fourth-order valence-corrected chi connectivity index (χ4v) is 2.16. The van der Waals surface area contributed by atoms with Crippen LogP contribution in [0.25, 0.3) is 0 Å². The van der Waals surface area contributed by atoms with Crippen molar-refractivity contribution in [1.29, 1.82) is 0 Å². The Hall–Kier alpha value is -0.300. The van der Waals surface area contributed by atoms with Crippen LogP contribution in [0.5, 0.6) is 0 Å². The van der Waals surface area contributed by atoms with Crippen LogP contribution in [0.3, 0.4) is 0 Å². The van der Waals surface area contributed by atoms with Gasteiger partial charge in [0.15, 0.2) is 0 Å². The minimum atomic E-state index is 0.434. The SMILES string of the molecule is CCCCC(C)(C)Cc1ccc(Br)cc1. The third-order valence-corrected chi connectivity index (χ3v) is 3.33. The highest BCUT2D eigenvalue weighted by Crippen LogP contribution is 2.28. The van der Waals surface area contributed by atoms with Crippen LogP contribution in [0.1, 0.15) is 45.6 Å². The van der Waals surface area contributed by atoms with Gasteiger partial charge in [0.2, 0.25) is 0 Å². The Kier molecular flexibility index (Phi) is 4.85. The van der Waals surface area contributed by atoms with Crippen LogP contribution in [-0.2, 0) is 6.42 Å². The van der Waals surface area contributed by atoms with Gasteiger partial charge in [-0.1, -0.05) is 61.7 Å². The van der Waals surface area contributed by atoms with Crippen LogP contribution >= 0.6 is 15.9 Å². The normalized spacial score (nSPS) is 11.7. The summed E-state index contributed by atoms with van der Waals surface area (Å²) in [7, 11) is 0. The summed E-state index contributed by atoms with van der Waals surface area (Å²) in [6.45, 7) is 6.99. The van der Waals surface area contributed by atoms with Gasteiger partial charge >= 0.3 is 0 Å². The van der Waals surface area contributed by atoms with Crippen molar-refractivity contribution in [2.24, 2.45) is 5.41 Å². The molecule has 0 aliphatic rings. The largest absolute Gasteiger partial charge is 0.0654 e. The summed E-state index contributed by atoms with van der Waals surface area (Å²) in [5.41, 5.74) is 1.88. The van der Waals surface area contributed by atoms with E-state index < -0.39 is 0 Å². The second-order valence-corrected chi connectivity index (χ2v) is 5.99. The molecule has 0 saturated carbocycles. The summed E-state index contributed by atoms with van der Waals surface area (Å²) in [5.74, 6) is 0. The van der Waals surface area contributed by atoms with Crippen molar-refractivity contribution in [3.05, 3.63) is 34.3 Å². The second kappa shape index (κ2) is 5.69. The van der Waals surface area contributed by atoms with Crippen molar-refractivity contribution in [2.45, 2.75) is 46.5 Å². The lowest BCUT2D eigenvalue weighted by atomic mass is 9.81. The first-order valence-electron chi connectivity index (χ1n) is 5.78. The van der Waals surface area contributed by atoms with E-state index in [9.17, 15) is 0 Å². The molecule has 0 radical (unpaired) electrons. The zero-order chi connectivity index (χ0) is 11.3. The maximum atomic E-state index is 3.47. The van der Waals surface area contributed by atoms with Gasteiger partial charge < -0.3 is 0 Å². The molecule has 0 bridgehead atoms. The maximum absolute atomic E-state index is 3.47. The van der Waals surface area contributed by atoms with Crippen LogP contribution in [0.4, 0.5) is 0 Å². The van der Waals surface area contributed by atoms with E-state index >= 15 is 0 Å². The first-order chi connectivity index (χ1) is 7.03. The van der Waals surface area contributed by atoms with Gasteiger partial charge in [-0.2, -0.15) is 0 Å². The van der Waals surface area contributed by atoms with Gasteiger partial charge in [0.1, 0.15) is 0 Å². The molecule has 0 fully saturated rings. The number of hydrogen-bond acceptors (Lipinski definition) is 0. The Labute approximate surface area is 102 Å². The molecule has 0 spiro atoms. The summed E-state index contributed by atoms with van der Waals surface area (Å²) in [4.78, 5) is 0. The predicted molar refractivity (Wildman–Crippen MR) is 71.2 cm³/mol. The molecule has 1 aromatic rings. The molecule has 1 aromatic carbocycles. The lowest BCUT2D eigenvalue weighted by Crippen LogP contribution is -2.14. The average molecular weight is 269 g/mol. The van der Waals surface area contributed by atoms with E-state index in [4.69, 9.17) is 0 Å². The monoisotopic (exact) mass is 268 g/mol. The number of unbranched alkanes of at least 4 members (excludes halogenated alkanes) is 1. The Balaban J connectivity index is 2.56. The molecule has 0 nitrogen and oxygen atoms in total. The highest BCUT2D eigenvalue weighted by atomic mass is 79.9. The van der Waals surface area contributed by atoms with Crippen molar-refractivity contribution in [3.8, 4) is 0 Å². The Bertz CT molecular complexity index is 285. The smallest absolute Gasteiger partial charge is 0.0175 e. The molecule has 0 aromatic heterocycles. The first kappa shape index (κ1) is 12.8. The van der Waals surface area contributed by atoms with Crippen molar-refractivity contribution in [1.82, 2.24) is 0 Å². The Morgan fingerprint density at radius 3 is 2.27 bits per heavy atom. The molecule has 0 aliphatic carbocycles. The summed E-state index contributed by atoms with van der Waals surface area (Å²) in [6.07, 6.45) is 5.13. The molecular weight excluding hydrogens is 248 g/mol. The quantitative estimate of drug-likeness (QED) is 0.688. The van der Waals surface area contributed by atoms with Crippen molar-refractivity contribution >= 4 is 15.9 Å². The van der Waals surface area contributed by atoms with Crippen LogP contribution in [0, 0.1) is 5.41 Å². The summed E-state index contributed by atoms with van der Waals surface area (Å²) in [6, 6.07) is 8.70. The third-order valence-electron chi connectivity index (χ3n) is 2.80. The zero-order valence-corrected chi connectivity index (χ0v) is 11.6. The van der Waals surface area contributed by atoms with Gasteiger partial charge in [-0.05, 0) is 36.0 Å². The van der Waals surface area contributed by atoms with Gasteiger partial charge in [0.05, 0.1) is 0 Å². The van der Waals surface area contributed by atoms with Gasteiger partial charge in [-0.3, -0.25) is 0 Å². The van der Waals surface area contributed by atoms with Gasteiger partial charge in [0, 0.05) is 4.47 Å².